The normalized spacial score (nSPS) is 15.6. The van der Waals surface area contributed by atoms with Crippen molar-refractivity contribution in [1.82, 2.24) is 19.9 Å². The summed E-state index contributed by atoms with van der Waals surface area (Å²) in [6, 6.07) is 18.2. The number of amides is 2. The number of carbonyl (C=O) groups excluding carboxylic acids is 1. The third-order valence-corrected chi connectivity index (χ3v) is 8.18. The molecule has 0 bridgehead atoms. The maximum absolute atomic E-state index is 14.3. The lowest BCUT2D eigenvalue weighted by molar-refractivity contribution is 0.252. The topological polar surface area (TPSA) is 77.9 Å². The van der Waals surface area contributed by atoms with Crippen LogP contribution in [0.25, 0.3) is 0 Å². The highest BCUT2D eigenvalue weighted by Gasteiger charge is 2.36. The van der Waals surface area contributed by atoms with E-state index in [0.717, 1.165) is 60.5 Å². The Balaban J connectivity index is 1.33. The van der Waals surface area contributed by atoms with E-state index in [2.05, 4.69) is 59.1 Å². The van der Waals surface area contributed by atoms with E-state index in [1.807, 2.05) is 36.2 Å². The van der Waals surface area contributed by atoms with Crippen LogP contribution in [-0.4, -0.2) is 66.2 Å². The Kier molecular flexibility index (Phi) is 7.75. The number of hydrogen-bond acceptors (Lipinski definition) is 7. The van der Waals surface area contributed by atoms with Gasteiger partial charge in [0.15, 0.2) is 5.82 Å². The number of para-hydroxylation sites is 1. The third-order valence-electron chi connectivity index (χ3n) is 8.18. The molecule has 216 valence electrons. The van der Waals surface area contributed by atoms with Crippen molar-refractivity contribution in [2.45, 2.75) is 33.2 Å². The fourth-order valence-electron chi connectivity index (χ4n) is 5.74. The van der Waals surface area contributed by atoms with Gasteiger partial charge in [0.1, 0.15) is 17.4 Å². The van der Waals surface area contributed by atoms with Crippen LogP contribution in [0.3, 0.4) is 0 Å². The maximum Gasteiger partial charge on any atom is 0.336 e. The molecule has 2 aromatic carbocycles. The van der Waals surface area contributed by atoms with Gasteiger partial charge in [-0.15, -0.1) is 0 Å². The van der Waals surface area contributed by atoms with Crippen molar-refractivity contribution in [2.75, 3.05) is 55.0 Å². The minimum absolute atomic E-state index is 0.189. The maximum atomic E-state index is 14.3. The number of methoxy groups -OCH3 is 1. The van der Waals surface area contributed by atoms with Gasteiger partial charge in [0, 0.05) is 50.0 Å². The van der Waals surface area contributed by atoms with E-state index in [0.29, 0.717) is 36.2 Å². The summed E-state index contributed by atoms with van der Waals surface area (Å²) in [5.41, 5.74) is 6.32. The van der Waals surface area contributed by atoms with Gasteiger partial charge in [0.2, 0.25) is 0 Å². The predicted molar refractivity (Wildman–Crippen MR) is 166 cm³/mol. The Morgan fingerprint density at radius 2 is 1.71 bits per heavy atom. The fraction of sp³-hybridized carbons (Fsp3) is 0.333. The zero-order valence-corrected chi connectivity index (χ0v) is 24.7. The van der Waals surface area contributed by atoms with Crippen LogP contribution in [0.1, 0.15) is 35.0 Å². The van der Waals surface area contributed by atoms with Crippen LogP contribution in [-0.2, 0) is 19.4 Å². The molecule has 0 spiro atoms. The number of pyridine rings is 1. The van der Waals surface area contributed by atoms with Crippen molar-refractivity contribution in [3.05, 3.63) is 95.1 Å². The van der Waals surface area contributed by atoms with Gasteiger partial charge in [0.05, 0.1) is 25.5 Å². The first-order chi connectivity index (χ1) is 20.4. The second kappa shape index (κ2) is 11.8. The molecule has 0 radical (unpaired) electrons. The van der Waals surface area contributed by atoms with E-state index in [1.54, 1.807) is 24.3 Å². The van der Waals surface area contributed by atoms with Crippen molar-refractivity contribution in [2.24, 2.45) is 0 Å². The molecule has 1 saturated heterocycles. The number of anilines is 4. The van der Waals surface area contributed by atoms with Crippen molar-refractivity contribution in [3.8, 4) is 5.75 Å². The van der Waals surface area contributed by atoms with Crippen LogP contribution in [0, 0.1) is 6.92 Å². The Morgan fingerprint density at radius 3 is 2.40 bits per heavy atom. The molecule has 0 unspecified atom stereocenters. The van der Waals surface area contributed by atoms with Gasteiger partial charge in [0.25, 0.3) is 0 Å². The molecule has 1 fully saturated rings. The van der Waals surface area contributed by atoms with E-state index < -0.39 is 0 Å². The molecule has 2 amide bonds. The number of ether oxygens (including phenoxy) is 1. The number of aryl methyl sites for hydroxylation is 2. The van der Waals surface area contributed by atoms with Gasteiger partial charge in [-0.25, -0.2) is 24.6 Å². The highest BCUT2D eigenvalue weighted by Crippen LogP contribution is 2.37. The standard InChI is InChI=1S/C33H37N7O2/c1-5-25-8-6-7-23(2)31(25)39-22-26-20-34-29(19-24-9-11-27(12-10-24)38-17-15-37(3)16-18-38)36-32(26)40(33(39)41)30-14-13-28(42-4)21-35-30/h6-14,20-21H,5,15-19,22H2,1-4H3. The number of urea groups is 1. The number of piperazine rings is 1. The van der Waals surface area contributed by atoms with Crippen LogP contribution in [0.15, 0.2) is 67.0 Å². The molecule has 42 heavy (non-hydrogen) atoms. The molecule has 4 aromatic rings. The van der Waals surface area contributed by atoms with Gasteiger partial charge >= 0.3 is 6.03 Å². The smallest absolute Gasteiger partial charge is 0.336 e. The number of hydrogen-bond donors (Lipinski definition) is 0. The van der Waals surface area contributed by atoms with Gasteiger partial charge in [-0.3, -0.25) is 4.90 Å². The minimum Gasteiger partial charge on any atom is -0.495 e. The molecule has 0 saturated carbocycles. The summed E-state index contributed by atoms with van der Waals surface area (Å²) in [4.78, 5) is 36.7. The molecular formula is C33H37N7O2. The summed E-state index contributed by atoms with van der Waals surface area (Å²) in [5.74, 6) is 2.33. The molecule has 6 rings (SSSR count). The molecule has 4 heterocycles. The van der Waals surface area contributed by atoms with Crippen molar-refractivity contribution >= 4 is 29.0 Å². The summed E-state index contributed by atoms with van der Waals surface area (Å²) in [6.07, 6.45) is 4.86. The Labute approximate surface area is 247 Å². The number of fused-ring (bicyclic) bond motifs is 1. The summed E-state index contributed by atoms with van der Waals surface area (Å²) in [6.45, 7) is 8.75. The van der Waals surface area contributed by atoms with Gasteiger partial charge < -0.3 is 14.5 Å². The van der Waals surface area contributed by atoms with Gasteiger partial charge in [-0.05, 0) is 61.3 Å². The largest absolute Gasteiger partial charge is 0.495 e. The first-order valence-electron chi connectivity index (χ1n) is 14.5. The monoisotopic (exact) mass is 563 g/mol. The number of nitrogens with zero attached hydrogens (tertiary/aromatic N) is 7. The molecule has 9 nitrogen and oxygen atoms in total. The highest BCUT2D eigenvalue weighted by atomic mass is 16.5. The average Bonchev–Trinajstić information content (AvgIpc) is 3.02. The summed E-state index contributed by atoms with van der Waals surface area (Å²) >= 11 is 0. The second-order valence-electron chi connectivity index (χ2n) is 11.0. The zero-order chi connectivity index (χ0) is 29.2. The number of rotatable bonds is 7. The van der Waals surface area contributed by atoms with Crippen LogP contribution in [0.5, 0.6) is 5.75 Å². The highest BCUT2D eigenvalue weighted by molar-refractivity contribution is 6.10. The van der Waals surface area contributed by atoms with E-state index in [4.69, 9.17) is 14.7 Å². The van der Waals surface area contributed by atoms with Crippen LogP contribution in [0.4, 0.5) is 27.8 Å². The lowest BCUT2D eigenvalue weighted by Crippen LogP contribution is -2.46. The first-order valence-corrected chi connectivity index (χ1v) is 14.5. The molecular weight excluding hydrogens is 526 g/mol. The Hall–Kier alpha value is -4.50. The van der Waals surface area contributed by atoms with Crippen molar-refractivity contribution in [1.29, 1.82) is 0 Å². The SMILES string of the molecule is CCc1cccc(C)c1N1Cc2cnc(Cc3ccc(N4CCN(C)CC4)cc3)nc2N(c2ccc(OC)cn2)C1=O. The second-order valence-corrected chi connectivity index (χ2v) is 11.0. The first kappa shape index (κ1) is 27.7. The minimum atomic E-state index is -0.189. The molecule has 0 atom stereocenters. The van der Waals surface area contributed by atoms with Crippen LogP contribution >= 0.6 is 0 Å². The number of likely N-dealkylation sites (N-methyl/N-ethyl adjacent to an activating group) is 1. The summed E-state index contributed by atoms with van der Waals surface area (Å²) in [5, 5.41) is 0. The van der Waals surface area contributed by atoms with Gasteiger partial charge in [-0.2, -0.15) is 0 Å². The van der Waals surface area contributed by atoms with E-state index in [9.17, 15) is 4.79 Å². The number of aromatic nitrogens is 3. The molecule has 2 aliphatic rings. The molecule has 9 heteroatoms. The van der Waals surface area contributed by atoms with E-state index in [1.165, 1.54) is 5.69 Å². The lowest BCUT2D eigenvalue weighted by atomic mass is 10.0. The van der Waals surface area contributed by atoms with Crippen molar-refractivity contribution < 1.29 is 9.53 Å². The fourth-order valence-corrected chi connectivity index (χ4v) is 5.74. The number of benzene rings is 2. The van der Waals surface area contributed by atoms with Crippen LogP contribution < -0.4 is 19.4 Å². The average molecular weight is 564 g/mol. The Bertz CT molecular complexity index is 1560. The quantitative estimate of drug-likeness (QED) is 0.299. The molecule has 2 aromatic heterocycles. The summed E-state index contributed by atoms with van der Waals surface area (Å²) in [7, 11) is 3.77. The van der Waals surface area contributed by atoms with E-state index in [-0.39, 0.29) is 6.03 Å². The van der Waals surface area contributed by atoms with E-state index >= 15 is 0 Å². The molecule has 0 aliphatic carbocycles. The third kappa shape index (κ3) is 5.39. The summed E-state index contributed by atoms with van der Waals surface area (Å²) < 4.78 is 5.32. The Morgan fingerprint density at radius 1 is 0.929 bits per heavy atom. The molecule has 2 aliphatic heterocycles. The molecule has 0 N–H and O–H groups in total. The van der Waals surface area contributed by atoms with Gasteiger partial charge in [-0.1, -0.05) is 37.3 Å². The van der Waals surface area contributed by atoms with Crippen molar-refractivity contribution in [3.63, 3.8) is 0 Å². The lowest BCUT2D eigenvalue weighted by Gasteiger charge is -2.37. The van der Waals surface area contributed by atoms with Crippen LogP contribution in [0.2, 0.25) is 0 Å². The zero-order valence-electron chi connectivity index (χ0n) is 24.7. The predicted octanol–water partition coefficient (Wildman–Crippen LogP) is 5.37. The number of carbonyl (C=O) groups is 1.